The number of benzene rings is 2. The Labute approximate surface area is 146 Å². The van der Waals surface area contributed by atoms with Crippen LogP contribution in [-0.4, -0.2) is 27.6 Å². The van der Waals surface area contributed by atoms with Gasteiger partial charge in [-0.05, 0) is 26.0 Å². The Morgan fingerprint density at radius 3 is 2.52 bits per heavy atom. The van der Waals surface area contributed by atoms with Crippen molar-refractivity contribution in [3.63, 3.8) is 0 Å². The first kappa shape index (κ1) is 16.7. The summed E-state index contributed by atoms with van der Waals surface area (Å²) in [6.45, 7) is 4.71. The number of hydrogen-bond donors (Lipinski definition) is 1. The summed E-state index contributed by atoms with van der Waals surface area (Å²) in [4.78, 5) is 18.4. The standard InChI is InChI=1S/C19H20N4O2/c1-3-23(19(24)20-16-7-5-4-6-8-16)13-17-21-18(22-25-17)15-11-9-14(2)10-12-15/h4-12H,3,13H2,1-2H3,(H,20,24). The van der Waals surface area contributed by atoms with Gasteiger partial charge in [0.05, 0.1) is 0 Å². The van der Waals surface area contributed by atoms with Gasteiger partial charge in [-0.25, -0.2) is 4.79 Å². The van der Waals surface area contributed by atoms with Gasteiger partial charge >= 0.3 is 6.03 Å². The van der Waals surface area contributed by atoms with Crippen molar-refractivity contribution in [1.29, 1.82) is 0 Å². The molecule has 0 bridgehead atoms. The number of nitrogens with zero attached hydrogens (tertiary/aromatic N) is 3. The summed E-state index contributed by atoms with van der Waals surface area (Å²) in [5, 5.41) is 6.86. The smallest absolute Gasteiger partial charge is 0.322 e. The van der Waals surface area contributed by atoms with Crippen molar-refractivity contribution in [3.05, 3.63) is 66.1 Å². The van der Waals surface area contributed by atoms with E-state index in [4.69, 9.17) is 4.52 Å². The van der Waals surface area contributed by atoms with Gasteiger partial charge in [0, 0.05) is 17.8 Å². The molecule has 2 aromatic carbocycles. The van der Waals surface area contributed by atoms with E-state index in [9.17, 15) is 4.79 Å². The molecule has 0 aliphatic heterocycles. The van der Waals surface area contributed by atoms with Gasteiger partial charge in [0.15, 0.2) is 0 Å². The fraction of sp³-hybridized carbons (Fsp3) is 0.211. The van der Waals surface area contributed by atoms with E-state index in [0.717, 1.165) is 11.3 Å². The third-order valence-corrected chi connectivity index (χ3v) is 3.80. The molecule has 0 saturated carbocycles. The van der Waals surface area contributed by atoms with E-state index in [2.05, 4.69) is 15.5 Å². The van der Waals surface area contributed by atoms with Crippen LogP contribution in [0.3, 0.4) is 0 Å². The molecule has 1 heterocycles. The number of aromatic nitrogens is 2. The van der Waals surface area contributed by atoms with Gasteiger partial charge in [0.1, 0.15) is 6.54 Å². The largest absolute Gasteiger partial charge is 0.337 e. The number of amides is 2. The predicted octanol–water partition coefficient (Wildman–Crippen LogP) is 4.10. The third-order valence-electron chi connectivity index (χ3n) is 3.80. The Bertz CT molecular complexity index is 828. The molecule has 0 saturated heterocycles. The van der Waals surface area contributed by atoms with E-state index in [0.29, 0.717) is 18.3 Å². The van der Waals surface area contributed by atoms with Gasteiger partial charge in [-0.1, -0.05) is 53.2 Å². The Morgan fingerprint density at radius 1 is 1.12 bits per heavy atom. The predicted molar refractivity (Wildman–Crippen MR) is 96.0 cm³/mol. The molecule has 2 amide bonds. The molecule has 3 aromatic rings. The second-order valence-corrected chi connectivity index (χ2v) is 5.69. The van der Waals surface area contributed by atoms with Crippen LogP contribution < -0.4 is 5.32 Å². The molecule has 0 spiro atoms. The number of aryl methyl sites for hydroxylation is 1. The number of carbonyl (C=O) groups is 1. The molecular formula is C19H20N4O2. The van der Waals surface area contributed by atoms with Crippen LogP contribution in [0.25, 0.3) is 11.4 Å². The monoisotopic (exact) mass is 336 g/mol. The topological polar surface area (TPSA) is 71.3 Å². The normalized spacial score (nSPS) is 10.5. The molecule has 128 valence electrons. The van der Waals surface area contributed by atoms with Crippen LogP contribution in [0.4, 0.5) is 10.5 Å². The maximum absolute atomic E-state index is 12.4. The quantitative estimate of drug-likeness (QED) is 0.761. The lowest BCUT2D eigenvalue weighted by Crippen LogP contribution is -2.34. The van der Waals surface area contributed by atoms with Crippen molar-refractivity contribution in [2.24, 2.45) is 0 Å². The molecule has 0 aliphatic rings. The number of anilines is 1. The molecule has 6 nitrogen and oxygen atoms in total. The first-order valence-electron chi connectivity index (χ1n) is 8.16. The maximum atomic E-state index is 12.4. The van der Waals surface area contributed by atoms with Crippen LogP contribution in [0.2, 0.25) is 0 Å². The van der Waals surface area contributed by atoms with E-state index in [1.165, 1.54) is 5.56 Å². The molecule has 0 atom stereocenters. The van der Waals surface area contributed by atoms with Gasteiger partial charge < -0.3 is 14.7 Å². The average Bonchev–Trinajstić information content (AvgIpc) is 3.09. The first-order valence-corrected chi connectivity index (χ1v) is 8.16. The zero-order chi connectivity index (χ0) is 17.6. The Hall–Kier alpha value is -3.15. The summed E-state index contributed by atoms with van der Waals surface area (Å²) >= 11 is 0. The number of hydrogen-bond acceptors (Lipinski definition) is 4. The number of rotatable bonds is 5. The van der Waals surface area contributed by atoms with Crippen molar-refractivity contribution >= 4 is 11.7 Å². The molecule has 3 rings (SSSR count). The third kappa shape index (κ3) is 4.23. The summed E-state index contributed by atoms with van der Waals surface area (Å²) in [6.07, 6.45) is 0. The molecule has 0 radical (unpaired) electrons. The lowest BCUT2D eigenvalue weighted by atomic mass is 10.1. The Morgan fingerprint density at radius 2 is 1.84 bits per heavy atom. The summed E-state index contributed by atoms with van der Waals surface area (Å²) in [7, 11) is 0. The number of nitrogens with one attached hydrogen (secondary N) is 1. The molecule has 1 N–H and O–H groups in total. The highest BCUT2D eigenvalue weighted by molar-refractivity contribution is 5.89. The molecule has 0 unspecified atom stereocenters. The van der Waals surface area contributed by atoms with Crippen LogP contribution in [0.5, 0.6) is 0 Å². The fourth-order valence-corrected chi connectivity index (χ4v) is 2.35. The second-order valence-electron chi connectivity index (χ2n) is 5.69. The van der Waals surface area contributed by atoms with Crippen molar-refractivity contribution in [2.45, 2.75) is 20.4 Å². The van der Waals surface area contributed by atoms with Crippen molar-refractivity contribution in [1.82, 2.24) is 15.0 Å². The van der Waals surface area contributed by atoms with Gasteiger partial charge in [-0.2, -0.15) is 4.98 Å². The van der Waals surface area contributed by atoms with Crippen molar-refractivity contribution in [2.75, 3.05) is 11.9 Å². The van der Waals surface area contributed by atoms with E-state index in [1.807, 2.05) is 68.4 Å². The van der Waals surface area contributed by atoms with E-state index >= 15 is 0 Å². The van der Waals surface area contributed by atoms with Crippen LogP contribution in [0.15, 0.2) is 59.1 Å². The number of para-hydroxylation sites is 1. The van der Waals surface area contributed by atoms with Crippen LogP contribution >= 0.6 is 0 Å². The minimum absolute atomic E-state index is 0.205. The number of urea groups is 1. The highest BCUT2D eigenvalue weighted by atomic mass is 16.5. The highest BCUT2D eigenvalue weighted by Crippen LogP contribution is 2.17. The van der Waals surface area contributed by atoms with E-state index in [-0.39, 0.29) is 12.6 Å². The summed E-state index contributed by atoms with van der Waals surface area (Å²) in [5.74, 6) is 0.926. The molecule has 1 aromatic heterocycles. The summed E-state index contributed by atoms with van der Waals surface area (Å²) < 4.78 is 5.30. The lowest BCUT2D eigenvalue weighted by molar-refractivity contribution is 0.203. The van der Waals surface area contributed by atoms with Gasteiger partial charge in [0.25, 0.3) is 0 Å². The van der Waals surface area contributed by atoms with Crippen LogP contribution in [0, 0.1) is 6.92 Å². The zero-order valence-corrected chi connectivity index (χ0v) is 14.3. The van der Waals surface area contributed by atoms with Gasteiger partial charge in [-0.15, -0.1) is 0 Å². The highest BCUT2D eigenvalue weighted by Gasteiger charge is 2.16. The molecule has 6 heteroatoms. The van der Waals surface area contributed by atoms with Gasteiger partial charge in [0.2, 0.25) is 11.7 Å². The Kier molecular flexibility index (Phi) is 5.09. The van der Waals surface area contributed by atoms with Gasteiger partial charge in [-0.3, -0.25) is 0 Å². The molecule has 0 aliphatic carbocycles. The lowest BCUT2D eigenvalue weighted by Gasteiger charge is -2.19. The van der Waals surface area contributed by atoms with Crippen molar-refractivity contribution < 1.29 is 9.32 Å². The number of carbonyl (C=O) groups excluding carboxylic acids is 1. The minimum Gasteiger partial charge on any atom is -0.337 e. The first-order chi connectivity index (χ1) is 12.2. The minimum atomic E-state index is -0.205. The van der Waals surface area contributed by atoms with Crippen LogP contribution in [0.1, 0.15) is 18.4 Å². The van der Waals surface area contributed by atoms with Crippen molar-refractivity contribution in [3.8, 4) is 11.4 Å². The second kappa shape index (κ2) is 7.61. The summed E-state index contributed by atoms with van der Waals surface area (Å²) in [5.41, 5.74) is 2.80. The fourth-order valence-electron chi connectivity index (χ4n) is 2.35. The molecule has 0 fully saturated rings. The molecular weight excluding hydrogens is 316 g/mol. The van der Waals surface area contributed by atoms with Crippen LogP contribution in [-0.2, 0) is 6.54 Å². The zero-order valence-electron chi connectivity index (χ0n) is 14.3. The average molecular weight is 336 g/mol. The summed E-state index contributed by atoms with van der Waals surface area (Å²) in [6, 6.07) is 17.0. The molecule has 25 heavy (non-hydrogen) atoms. The van der Waals surface area contributed by atoms with E-state index in [1.54, 1.807) is 4.90 Å². The SMILES string of the molecule is CCN(Cc1nc(-c2ccc(C)cc2)no1)C(=O)Nc1ccccc1. The Balaban J connectivity index is 1.67. The maximum Gasteiger partial charge on any atom is 0.322 e. The van der Waals surface area contributed by atoms with E-state index < -0.39 is 0 Å².